The van der Waals surface area contributed by atoms with E-state index < -0.39 is 28.8 Å². The minimum atomic E-state index is -4.62. The standard InChI is InChI=1S/C20H14F3N3O3/c1-29-19(28)16-17(24)12-6-5-10(20(21,22)23)9-15(12)26(18(16)27)14-4-2-3-13-11(14)7-8-25-13/h2-9,25H,24H2,1H3. The maximum atomic E-state index is 13.3. The minimum absolute atomic E-state index is 0.0660. The van der Waals surface area contributed by atoms with Crippen LogP contribution in [0.25, 0.3) is 27.5 Å². The van der Waals surface area contributed by atoms with Crippen LogP contribution >= 0.6 is 0 Å². The van der Waals surface area contributed by atoms with Crippen molar-refractivity contribution in [2.75, 3.05) is 12.8 Å². The molecule has 0 bridgehead atoms. The fourth-order valence-electron chi connectivity index (χ4n) is 3.39. The van der Waals surface area contributed by atoms with Crippen LogP contribution in [0.5, 0.6) is 0 Å². The molecule has 0 saturated carbocycles. The van der Waals surface area contributed by atoms with Crippen molar-refractivity contribution in [3.8, 4) is 5.69 Å². The topological polar surface area (TPSA) is 90.1 Å². The average Bonchev–Trinajstić information content (AvgIpc) is 3.16. The number of nitrogens with two attached hydrogens (primary N) is 1. The second-order valence-electron chi connectivity index (χ2n) is 6.37. The third-order valence-corrected chi connectivity index (χ3v) is 4.74. The molecule has 0 aliphatic rings. The molecule has 6 nitrogen and oxygen atoms in total. The number of benzene rings is 2. The van der Waals surface area contributed by atoms with E-state index in [0.29, 0.717) is 16.6 Å². The van der Waals surface area contributed by atoms with Gasteiger partial charge in [-0.2, -0.15) is 13.2 Å². The number of nitrogens with one attached hydrogen (secondary N) is 1. The van der Waals surface area contributed by atoms with Gasteiger partial charge in [-0.25, -0.2) is 4.79 Å². The Bertz CT molecular complexity index is 1340. The highest BCUT2D eigenvalue weighted by Gasteiger charge is 2.32. The molecule has 0 atom stereocenters. The third-order valence-electron chi connectivity index (χ3n) is 4.74. The molecule has 4 rings (SSSR count). The van der Waals surface area contributed by atoms with Crippen molar-refractivity contribution < 1.29 is 22.7 Å². The summed E-state index contributed by atoms with van der Waals surface area (Å²) in [5, 5.41) is 0.722. The van der Waals surface area contributed by atoms with Crippen molar-refractivity contribution in [1.29, 1.82) is 0 Å². The highest BCUT2D eigenvalue weighted by atomic mass is 19.4. The van der Waals surface area contributed by atoms with Gasteiger partial charge >= 0.3 is 12.1 Å². The Labute approximate surface area is 161 Å². The highest BCUT2D eigenvalue weighted by Crippen LogP contribution is 2.34. The summed E-state index contributed by atoms with van der Waals surface area (Å²) in [6, 6.07) is 9.51. The molecule has 0 aliphatic carbocycles. The lowest BCUT2D eigenvalue weighted by molar-refractivity contribution is -0.137. The van der Waals surface area contributed by atoms with E-state index in [2.05, 4.69) is 9.72 Å². The number of nitrogen functional groups attached to an aromatic ring is 1. The Morgan fingerprint density at radius 1 is 1.14 bits per heavy atom. The second-order valence-corrected chi connectivity index (χ2v) is 6.37. The van der Waals surface area contributed by atoms with Gasteiger partial charge in [0.15, 0.2) is 0 Å². The maximum Gasteiger partial charge on any atom is 0.416 e. The quantitative estimate of drug-likeness (QED) is 0.499. The van der Waals surface area contributed by atoms with E-state index in [9.17, 15) is 22.8 Å². The molecule has 29 heavy (non-hydrogen) atoms. The zero-order valence-electron chi connectivity index (χ0n) is 15.0. The Kier molecular flexibility index (Phi) is 4.11. The largest absolute Gasteiger partial charge is 0.465 e. The Balaban J connectivity index is 2.22. The van der Waals surface area contributed by atoms with Crippen molar-refractivity contribution in [2.24, 2.45) is 0 Å². The Morgan fingerprint density at radius 3 is 2.59 bits per heavy atom. The number of hydrogen-bond acceptors (Lipinski definition) is 4. The van der Waals surface area contributed by atoms with Crippen molar-refractivity contribution in [3.63, 3.8) is 0 Å². The van der Waals surface area contributed by atoms with Gasteiger partial charge < -0.3 is 15.5 Å². The van der Waals surface area contributed by atoms with E-state index in [0.717, 1.165) is 29.9 Å². The minimum Gasteiger partial charge on any atom is -0.465 e. The average molecular weight is 401 g/mol. The molecule has 2 aromatic heterocycles. The van der Waals surface area contributed by atoms with E-state index in [1.165, 1.54) is 0 Å². The number of H-pyrrole nitrogens is 1. The van der Waals surface area contributed by atoms with Crippen LogP contribution in [0.2, 0.25) is 0 Å². The van der Waals surface area contributed by atoms with Gasteiger partial charge in [0.25, 0.3) is 5.56 Å². The van der Waals surface area contributed by atoms with Gasteiger partial charge in [0.05, 0.1) is 29.6 Å². The van der Waals surface area contributed by atoms with E-state index >= 15 is 0 Å². The van der Waals surface area contributed by atoms with E-state index in [1.807, 2.05) is 0 Å². The predicted molar refractivity (Wildman–Crippen MR) is 102 cm³/mol. The van der Waals surface area contributed by atoms with Crippen LogP contribution in [-0.2, 0) is 10.9 Å². The summed E-state index contributed by atoms with van der Waals surface area (Å²) in [5.41, 5.74) is 4.43. The van der Waals surface area contributed by atoms with Crippen LogP contribution in [0.15, 0.2) is 53.5 Å². The summed E-state index contributed by atoms with van der Waals surface area (Å²) >= 11 is 0. The third kappa shape index (κ3) is 2.82. The van der Waals surface area contributed by atoms with Crippen molar-refractivity contribution >= 4 is 33.5 Å². The molecule has 0 aliphatic heterocycles. The lowest BCUT2D eigenvalue weighted by atomic mass is 10.0. The summed E-state index contributed by atoms with van der Waals surface area (Å²) in [6.45, 7) is 0. The number of ether oxygens (including phenoxy) is 1. The number of rotatable bonds is 2. The molecule has 0 radical (unpaired) electrons. The Hall–Kier alpha value is -3.75. The first-order chi connectivity index (χ1) is 13.7. The van der Waals surface area contributed by atoms with Crippen LogP contribution in [-0.4, -0.2) is 22.6 Å². The van der Waals surface area contributed by atoms with Gasteiger partial charge in [-0.05, 0) is 30.3 Å². The van der Waals surface area contributed by atoms with Crippen molar-refractivity contribution in [2.45, 2.75) is 6.18 Å². The van der Waals surface area contributed by atoms with E-state index in [-0.39, 0.29) is 16.6 Å². The van der Waals surface area contributed by atoms with Crippen molar-refractivity contribution in [1.82, 2.24) is 9.55 Å². The van der Waals surface area contributed by atoms with E-state index in [1.54, 1.807) is 30.5 Å². The van der Waals surface area contributed by atoms with Crippen LogP contribution < -0.4 is 11.3 Å². The lowest BCUT2D eigenvalue weighted by Gasteiger charge is -2.17. The summed E-state index contributed by atoms with van der Waals surface area (Å²) in [6.07, 6.45) is -2.98. The number of esters is 1. The predicted octanol–water partition coefficient (Wildman–Crippen LogP) is 3.86. The molecule has 0 amide bonds. The number of anilines is 1. The first kappa shape index (κ1) is 18.6. The van der Waals surface area contributed by atoms with Gasteiger partial charge in [-0.1, -0.05) is 12.1 Å². The number of methoxy groups -OCH3 is 1. The smallest absolute Gasteiger partial charge is 0.416 e. The van der Waals surface area contributed by atoms with Gasteiger partial charge in [0.1, 0.15) is 5.56 Å². The van der Waals surface area contributed by atoms with Gasteiger partial charge in [-0.15, -0.1) is 0 Å². The number of aromatic amines is 1. The van der Waals surface area contributed by atoms with Crippen LogP contribution in [0, 0.1) is 0 Å². The van der Waals surface area contributed by atoms with Gasteiger partial charge in [-0.3, -0.25) is 9.36 Å². The number of carbonyl (C=O) groups excluding carboxylic acids is 1. The molecule has 9 heteroatoms. The molecule has 2 aromatic carbocycles. The van der Waals surface area contributed by atoms with Crippen LogP contribution in [0.4, 0.5) is 18.9 Å². The van der Waals surface area contributed by atoms with Crippen LogP contribution in [0.1, 0.15) is 15.9 Å². The molecule has 0 saturated heterocycles. The molecule has 148 valence electrons. The molecule has 0 unspecified atom stereocenters. The molecule has 0 spiro atoms. The second kappa shape index (κ2) is 6.40. The molecule has 2 heterocycles. The molecule has 0 fully saturated rings. The maximum absolute atomic E-state index is 13.3. The first-order valence-electron chi connectivity index (χ1n) is 8.44. The zero-order valence-corrected chi connectivity index (χ0v) is 15.0. The highest BCUT2D eigenvalue weighted by molar-refractivity contribution is 6.05. The summed E-state index contributed by atoms with van der Waals surface area (Å²) in [5.74, 6) is -0.968. The summed E-state index contributed by atoms with van der Waals surface area (Å²) < 4.78 is 45.7. The number of pyridine rings is 1. The number of hydrogen-bond donors (Lipinski definition) is 2. The van der Waals surface area contributed by atoms with E-state index in [4.69, 9.17) is 5.73 Å². The number of aromatic nitrogens is 2. The Morgan fingerprint density at radius 2 is 1.90 bits per heavy atom. The SMILES string of the molecule is COC(=O)c1c(N)c2ccc(C(F)(F)F)cc2n(-c2cccc3[nH]ccc23)c1=O. The summed E-state index contributed by atoms with van der Waals surface area (Å²) in [4.78, 5) is 28.4. The zero-order chi connectivity index (χ0) is 20.9. The number of halogens is 3. The molecule has 4 aromatic rings. The molecular weight excluding hydrogens is 387 g/mol. The number of carbonyl (C=O) groups is 1. The molecular formula is C20H14F3N3O3. The number of nitrogens with zero attached hydrogens (tertiary/aromatic N) is 1. The van der Waals surface area contributed by atoms with Gasteiger partial charge in [0, 0.05) is 22.5 Å². The monoisotopic (exact) mass is 401 g/mol. The number of alkyl halides is 3. The lowest BCUT2D eigenvalue weighted by Crippen LogP contribution is -2.28. The van der Waals surface area contributed by atoms with Crippen molar-refractivity contribution in [3.05, 3.63) is 70.1 Å². The van der Waals surface area contributed by atoms with Gasteiger partial charge in [0.2, 0.25) is 0 Å². The fourth-order valence-corrected chi connectivity index (χ4v) is 3.39. The van der Waals surface area contributed by atoms with Crippen LogP contribution in [0.3, 0.4) is 0 Å². The first-order valence-corrected chi connectivity index (χ1v) is 8.44. The normalized spacial score (nSPS) is 11.9. The summed E-state index contributed by atoms with van der Waals surface area (Å²) in [7, 11) is 1.09. The number of fused-ring (bicyclic) bond motifs is 2. The molecule has 3 N–H and O–H groups in total. The fraction of sp³-hybridized carbons (Fsp3) is 0.100.